The van der Waals surface area contributed by atoms with Crippen molar-refractivity contribution in [2.75, 3.05) is 7.11 Å². The molecule has 2 N–H and O–H groups in total. The lowest BCUT2D eigenvalue weighted by molar-refractivity contribution is -0.119. The van der Waals surface area contributed by atoms with E-state index in [2.05, 4.69) is 0 Å². The van der Waals surface area contributed by atoms with Crippen molar-refractivity contribution < 1.29 is 17.9 Å². The van der Waals surface area contributed by atoms with Crippen molar-refractivity contribution >= 4 is 49.5 Å². The minimum absolute atomic E-state index is 0.0263. The van der Waals surface area contributed by atoms with Gasteiger partial charge in [0, 0.05) is 6.42 Å². The summed E-state index contributed by atoms with van der Waals surface area (Å²) in [6.07, 6.45) is 0.993. The smallest absolute Gasteiger partial charge is 0.193 e. The van der Waals surface area contributed by atoms with Gasteiger partial charge in [-0.2, -0.15) is 5.10 Å². The molecule has 0 saturated heterocycles. The molecule has 0 unspecified atom stereocenters. The van der Waals surface area contributed by atoms with E-state index >= 15 is 0 Å². The first kappa shape index (κ1) is 25.4. The Morgan fingerprint density at radius 2 is 1.91 bits per heavy atom. The summed E-state index contributed by atoms with van der Waals surface area (Å²) in [5.41, 5.74) is 8.88. The van der Waals surface area contributed by atoms with Crippen molar-refractivity contribution in [3.8, 4) is 5.75 Å². The molecule has 0 spiro atoms. The van der Waals surface area contributed by atoms with Crippen LogP contribution in [0.1, 0.15) is 30.2 Å². The van der Waals surface area contributed by atoms with Crippen LogP contribution in [0.5, 0.6) is 5.75 Å². The second-order valence-corrected chi connectivity index (χ2v) is 12.3. The maximum Gasteiger partial charge on any atom is 0.193 e. The zero-order valence-corrected chi connectivity index (χ0v) is 21.8. The molecule has 2 aromatic heterocycles. The number of nitrogens with zero attached hydrogens (tertiary/aromatic N) is 2. The lowest BCUT2D eigenvalue weighted by atomic mass is 10.0. The highest BCUT2D eigenvalue weighted by molar-refractivity contribution is 7.92. The fourth-order valence-corrected chi connectivity index (χ4v) is 6.78. The topological polar surface area (TPSA) is 104 Å². The van der Waals surface area contributed by atoms with Gasteiger partial charge in [-0.15, -0.1) is 11.3 Å². The van der Waals surface area contributed by atoms with Gasteiger partial charge in [-0.3, -0.25) is 9.48 Å². The molecular weight excluding hydrogens is 506 g/mol. The highest BCUT2D eigenvalue weighted by Gasteiger charge is 2.24. The molecule has 0 saturated carbocycles. The summed E-state index contributed by atoms with van der Waals surface area (Å²) in [4.78, 5) is 11.9. The summed E-state index contributed by atoms with van der Waals surface area (Å²) >= 11 is 6.99. The van der Waals surface area contributed by atoms with Crippen molar-refractivity contribution in [1.29, 1.82) is 0 Å². The molecule has 0 radical (unpaired) electrons. The molecule has 7 nitrogen and oxygen atoms in total. The normalized spacial score (nSPS) is 12.7. The van der Waals surface area contributed by atoms with Gasteiger partial charge in [-0.25, -0.2) is 8.42 Å². The number of Topliss-reactive ketones (excluding diaryl/α,β-unsaturated/α-hetero) is 1. The number of aryl methyl sites for hydroxylation is 1. The van der Waals surface area contributed by atoms with Gasteiger partial charge in [0.25, 0.3) is 0 Å². The molecule has 0 fully saturated rings. The highest BCUT2D eigenvalue weighted by atomic mass is 35.5. The van der Waals surface area contributed by atoms with Crippen molar-refractivity contribution in [2.45, 2.75) is 42.3 Å². The first-order valence-electron chi connectivity index (χ1n) is 11.0. The summed E-state index contributed by atoms with van der Waals surface area (Å²) in [5.74, 6) is 0.317. The van der Waals surface area contributed by atoms with E-state index in [0.717, 1.165) is 28.0 Å². The number of carbonyl (C=O) groups is 1. The minimum atomic E-state index is -3.64. The molecule has 2 aromatic carbocycles. The number of hydrogen-bond acceptors (Lipinski definition) is 7. The number of ketones is 1. The first-order chi connectivity index (χ1) is 16.7. The summed E-state index contributed by atoms with van der Waals surface area (Å²) in [6.45, 7) is 2.13. The average molecular weight is 532 g/mol. The number of nitrogens with two attached hydrogens (primary N) is 1. The number of thiophene rings is 1. The van der Waals surface area contributed by atoms with Crippen molar-refractivity contribution in [1.82, 2.24) is 9.78 Å². The number of rotatable bonds is 10. The molecule has 1 atom stereocenters. The van der Waals surface area contributed by atoms with Crippen LogP contribution in [0.15, 0.2) is 58.8 Å². The zero-order chi connectivity index (χ0) is 25.2. The Balaban J connectivity index is 1.67. The molecule has 2 heterocycles. The van der Waals surface area contributed by atoms with Crippen LogP contribution in [0.4, 0.5) is 0 Å². The number of ether oxygens (including phenoxy) is 1. The van der Waals surface area contributed by atoms with E-state index < -0.39 is 15.9 Å². The van der Waals surface area contributed by atoms with Crippen LogP contribution in [-0.4, -0.2) is 37.1 Å². The average Bonchev–Trinajstić information content (AvgIpc) is 3.41. The molecule has 4 aromatic rings. The van der Waals surface area contributed by atoms with E-state index in [4.69, 9.17) is 27.2 Å². The van der Waals surface area contributed by atoms with Crippen LogP contribution in [0, 0.1) is 0 Å². The van der Waals surface area contributed by atoms with E-state index in [1.54, 1.807) is 30.8 Å². The maximum absolute atomic E-state index is 13.1. The van der Waals surface area contributed by atoms with E-state index in [-0.39, 0.29) is 15.7 Å². The second-order valence-electron chi connectivity index (χ2n) is 8.35. The lowest BCUT2D eigenvalue weighted by Gasteiger charge is -2.08. The third-order valence-corrected chi connectivity index (χ3v) is 9.15. The Bertz CT molecular complexity index is 1480. The van der Waals surface area contributed by atoms with Gasteiger partial charge in [-0.05, 0) is 48.7 Å². The quantitative estimate of drug-likeness (QED) is 0.320. The summed E-state index contributed by atoms with van der Waals surface area (Å²) in [7, 11) is -2.09. The maximum atomic E-state index is 13.1. The third-order valence-electron chi connectivity index (χ3n) is 5.71. The molecule has 4 rings (SSSR count). The standard InChI is InChI=1S/C25H26ClN3O4S2/c1-16(27)21(30)10-9-17-5-3-6-18(13-17)14-29-20-7-4-8-22(33-2)25(20)19(28-29)15-35(31,32)24-12-11-23(26)34-24/h3-8,11-13,16H,9-10,14-15,27H2,1-2H3/t16-/m0/s1. The van der Waals surface area contributed by atoms with Gasteiger partial charge >= 0.3 is 0 Å². The van der Waals surface area contributed by atoms with Crippen LogP contribution < -0.4 is 10.5 Å². The molecule has 35 heavy (non-hydrogen) atoms. The molecule has 10 heteroatoms. The Morgan fingerprint density at radius 3 is 2.60 bits per heavy atom. The fourth-order valence-electron chi connectivity index (χ4n) is 3.93. The van der Waals surface area contributed by atoms with Gasteiger partial charge < -0.3 is 10.5 Å². The van der Waals surface area contributed by atoms with Gasteiger partial charge in [0.15, 0.2) is 9.84 Å². The van der Waals surface area contributed by atoms with Crippen molar-refractivity contribution in [2.24, 2.45) is 5.73 Å². The van der Waals surface area contributed by atoms with Crippen LogP contribution in [0.25, 0.3) is 10.9 Å². The third kappa shape index (κ3) is 5.75. The summed E-state index contributed by atoms with van der Waals surface area (Å²) in [6, 6.07) is 16.1. The van der Waals surface area contributed by atoms with Gasteiger partial charge in [0.2, 0.25) is 0 Å². The molecule has 0 amide bonds. The number of carbonyl (C=O) groups excluding carboxylic acids is 1. The Hall–Kier alpha value is -2.72. The Morgan fingerprint density at radius 1 is 1.17 bits per heavy atom. The molecule has 0 aliphatic rings. The number of fused-ring (bicyclic) bond motifs is 1. The van der Waals surface area contributed by atoms with Gasteiger partial charge in [-0.1, -0.05) is 41.9 Å². The molecule has 184 valence electrons. The first-order valence-corrected chi connectivity index (χ1v) is 13.9. The number of hydrogen-bond donors (Lipinski definition) is 1. The molecular formula is C25H26ClN3O4S2. The fraction of sp³-hybridized carbons (Fsp3) is 0.280. The largest absolute Gasteiger partial charge is 0.496 e. The van der Waals surface area contributed by atoms with Crippen LogP contribution in [0.3, 0.4) is 0 Å². The second kappa shape index (κ2) is 10.5. The molecule has 0 aliphatic carbocycles. The number of halogens is 1. The van der Waals surface area contributed by atoms with Crippen LogP contribution in [0.2, 0.25) is 4.34 Å². The molecule has 0 bridgehead atoms. The van der Waals surface area contributed by atoms with E-state index in [0.29, 0.717) is 40.6 Å². The number of methoxy groups -OCH3 is 1. The monoisotopic (exact) mass is 531 g/mol. The van der Waals surface area contributed by atoms with Crippen LogP contribution in [-0.2, 0) is 33.4 Å². The predicted octanol–water partition coefficient (Wildman–Crippen LogP) is 4.63. The Labute approximate surface area is 213 Å². The zero-order valence-electron chi connectivity index (χ0n) is 19.4. The lowest BCUT2D eigenvalue weighted by Crippen LogP contribution is -2.26. The summed E-state index contributed by atoms with van der Waals surface area (Å²) in [5, 5.41) is 5.36. The SMILES string of the molecule is COc1cccc2c1c(CS(=O)(=O)c1ccc(Cl)s1)nn2Cc1cccc(CCC(=O)[C@H](C)N)c1. The number of sulfone groups is 1. The Kier molecular flexibility index (Phi) is 7.61. The summed E-state index contributed by atoms with van der Waals surface area (Å²) < 4.78 is 34.1. The highest BCUT2D eigenvalue weighted by Crippen LogP contribution is 2.33. The van der Waals surface area contributed by atoms with Crippen LogP contribution >= 0.6 is 22.9 Å². The van der Waals surface area contributed by atoms with Crippen molar-refractivity contribution in [3.05, 3.63) is 75.8 Å². The molecule has 0 aliphatic heterocycles. The number of benzene rings is 2. The van der Waals surface area contributed by atoms with E-state index in [1.807, 2.05) is 36.4 Å². The van der Waals surface area contributed by atoms with E-state index in [9.17, 15) is 13.2 Å². The van der Waals surface area contributed by atoms with Gasteiger partial charge in [0.1, 0.15) is 21.5 Å². The van der Waals surface area contributed by atoms with Gasteiger partial charge in [0.05, 0.1) is 40.6 Å². The minimum Gasteiger partial charge on any atom is -0.496 e. The van der Waals surface area contributed by atoms with E-state index in [1.165, 1.54) is 6.07 Å². The number of aromatic nitrogens is 2. The predicted molar refractivity (Wildman–Crippen MR) is 139 cm³/mol. The van der Waals surface area contributed by atoms with Crippen molar-refractivity contribution in [3.63, 3.8) is 0 Å².